The molecule has 0 radical (unpaired) electrons. The van der Waals surface area contributed by atoms with Crippen molar-refractivity contribution in [3.63, 3.8) is 0 Å². The molecule has 2 saturated heterocycles. The van der Waals surface area contributed by atoms with E-state index >= 15 is 0 Å². The highest BCUT2D eigenvalue weighted by Crippen LogP contribution is 2.25. The maximum absolute atomic E-state index is 14.2. The fourth-order valence-corrected chi connectivity index (χ4v) is 5.20. The molecule has 2 fully saturated rings. The minimum Gasteiger partial charge on any atom is -0.366 e. The van der Waals surface area contributed by atoms with E-state index in [1.165, 1.54) is 38.4 Å². The third kappa shape index (κ3) is 6.37. The van der Waals surface area contributed by atoms with Crippen LogP contribution in [-0.2, 0) is 6.54 Å². The number of piperazine rings is 1. The van der Waals surface area contributed by atoms with Gasteiger partial charge in [0, 0.05) is 50.5 Å². The Morgan fingerprint density at radius 3 is 2.64 bits per heavy atom. The number of para-hydroxylation sites is 1. The maximum Gasteiger partial charge on any atom is 0.189 e. The molecule has 0 bridgehead atoms. The number of aromatic nitrogens is 2. The van der Waals surface area contributed by atoms with E-state index in [0.29, 0.717) is 5.69 Å². The number of nitrogens with one attached hydrogen (secondary N) is 1. The van der Waals surface area contributed by atoms with Gasteiger partial charge in [-0.3, -0.25) is 0 Å². The van der Waals surface area contributed by atoms with Gasteiger partial charge in [0.05, 0.1) is 5.69 Å². The summed E-state index contributed by atoms with van der Waals surface area (Å²) in [6, 6.07) is 7.76. The Bertz CT molecular complexity index is 889. The predicted octanol–water partition coefficient (Wildman–Crippen LogP) is 4.02. The summed E-state index contributed by atoms with van der Waals surface area (Å²) in [5.41, 5.74) is 1.83. The standard InChI is InChI=1S/C25H37FN6S/c1-20-8-5-6-12-30(20)13-7-11-27-18-21-19-28-25(33-2)29-24(21)32-16-14-31(15-17-32)23-10-4-3-9-22(23)26/h3-4,9-10,19-20,27H,5-8,11-18H2,1-2H3. The van der Waals surface area contributed by atoms with Gasteiger partial charge in [-0.05, 0) is 64.2 Å². The lowest BCUT2D eigenvalue weighted by Crippen LogP contribution is -2.47. The van der Waals surface area contributed by atoms with Gasteiger partial charge < -0.3 is 20.0 Å². The molecule has 1 aromatic heterocycles. The Kier molecular flexibility index (Phi) is 8.81. The van der Waals surface area contributed by atoms with E-state index < -0.39 is 0 Å². The van der Waals surface area contributed by atoms with Crippen LogP contribution in [0.1, 0.15) is 38.2 Å². The van der Waals surface area contributed by atoms with Gasteiger partial charge in [-0.1, -0.05) is 30.3 Å². The third-order valence-corrected chi connectivity index (χ3v) is 7.39. The van der Waals surface area contributed by atoms with Crippen molar-refractivity contribution in [1.29, 1.82) is 0 Å². The van der Waals surface area contributed by atoms with E-state index in [1.54, 1.807) is 17.8 Å². The molecule has 6 nitrogen and oxygen atoms in total. The summed E-state index contributed by atoms with van der Waals surface area (Å²) in [7, 11) is 0. The number of likely N-dealkylation sites (tertiary alicyclic amines) is 1. The lowest BCUT2D eigenvalue weighted by atomic mass is 10.0. The zero-order chi connectivity index (χ0) is 23.0. The van der Waals surface area contributed by atoms with Crippen LogP contribution in [0, 0.1) is 5.82 Å². The van der Waals surface area contributed by atoms with Crippen molar-refractivity contribution in [3.8, 4) is 0 Å². The van der Waals surface area contributed by atoms with Gasteiger partial charge in [-0.25, -0.2) is 14.4 Å². The van der Waals surface area contributed by atoms with Crippen molar-refractivity contribution in [2.45, 2.75) is 50.4 Å². The summed E-state index contributed by atoms with van der Waals surface area (Å²) in [6.45, 7) is 9.73. The first kappa shape index (κ1) is 24.2. The lowest BCUT2D eigenvalue weighted by Gasteiger charge is -2.37. The molecule has 180 valence electrons. The topological polar surface area (TPSA) is 47.5 Å². The highest BCUT2D eigenvalue weighted by atomic mass is 32.2. The van der Waals surface area contributed by atoms with Crippen molar-refractivity contribution in [2.24, 2.45) is 0 Å². The highest BCUT2D eigenvalue weighted by Gasteiger charge is 2.23. The Hall–Kier alpha value is -1.90. The van der Waals surface area contributed by atoms with Gasteiger partial charge >= 0.3 is 0 Å². The minimum absolute atomic E-state index is 0.151. The molecule has 3 heterocycles. The first-order valence-corrected chi connectivity index (χ1v) is 13.5. The van der Waals surface area contributed by atoms with Gasteiger partial charge in [0.15, 0.2) is 5.16 Å². The smallest absolute Gasteiger partial charge is 0.189 e. The number of benzene rings is 1. The Morgan fingerprint density at radius 1 is 1.09 bits per heavy atom. The molecule has 4 rings (SSSR count). The molecular formula is C25H37FN6S. The second kappa shape index (κ2) is 12.0. The molecule has 2 aromatic rings. The van der Waals surface area contributed by atoms with E-state index in [-0.39, 0.29) is 5.82 Å². The number of hydrogen-bond acceptors (Lipinski definition) is 7. The summed E-state index contributed by atoms with van der Waals surface area (Å²) in [4.78, 5) is 16.5. The molecular weight excluding hydrogens is 435 g/mol. The van der Waals surface area contributed by atoms with Crippen LogP contribution in [0.4, 0.5) is 15.9 Å². The molecule has 0 saturated carbocycles. The quantitative estimate of drug-likeness (QED) is 0.336. The van der Waals surface area contributed by atoms with Crippen LogP contribution in [0.5, 0.6) is 0 Å². The van der Waals surface area contributed by atoms with E-state index in [1.807, 2.05) is 24.6 Å². The monoisotopic (exact) mass is 472 g/mol. The molecule has 33 heavy (non-hydrogen) atoms. The molecule has 2 aliphatic heterocycles. The van der Waals surface area contributed by atoms with E-state index in [4.69, 9.17) is 4.98 Å². The second-order valence-corrected chi connectivity index (χ2v) is 9.82. The Labute approximate surface area is 202 Å². The van der Waals surface area contributed by atoms with Crippen molar-refractivity contribution in [2.75, 3.05) is 61.9 Å². The number of thioether (sulfide) groups is 1. The van der Waals surface area contributed by atoms with Gasteiger partial charge in [0.2, 0.25) is 0 Å². The molecule has 1 atom stereocenters. The SMILES string of the molecule is CSc1ncc(CNCCCN2CCCCC2C)c(N2CCN(c3ccccc3F)CC2)n1. The number of hydrogen-bond donors (Lipinski definition) is 1. The minimum atomic E-state index is -0.151. The van der Waals surface area contributed by atoms with Crippen molar-refractivity contribution in [3.05, 3.63) is 41.8 Å². The summed E-state index contributed by atoms with van der Waals surface area (Å²) < 4.78 is 14.2. The number of rotatable bonds is 9. The van der Waals surface area contributed by atoms with Crippen LogP contribution in [0.15, 0.2) is 35.6 Å². The first-order valence-electron chi connectivity index (χ1n) is 12.2. The first-order chi connectivity index (χ1) is 16.2. The molecule has 1 unspecified atom stereocenters. The predicted molar refractivity (Wildman–Crippen MR) is 136 cm³/mol. The lowest BCUT2D eigenvalue weighted by molar-refractivity contribution is 0.159. The molecule has 8 heteroatoms. The van der Waals surface area contributed by atoms with Gasteiger partial charge in [-0.2, -0.15) is 0 Å². The molecule has 0 spiro atoms. The zero-order valence-electron chi connectivity index (χ0n) is 20.0. The Balaban J connectivity index is 1.32. The van der Waals surface area contributed by atoms with Crippen LogP contribution < -0.4 is 15.1 Å². The zero-order valence-corrected chi connectivity index (χ0v) is 20.8. The number of halogens is 1. The summed E-state index contributed by atoms with van der Waals surface area (Å²) in [5.74, 6) is 0.862. The average Bonchev–Trinajstić information content (AvgIpc) is 2.85. The van der Waals surface area contributed by atoms with Crippen molar-refractivity contribution in [1.82, 2.24) is 20.2 Å². The van der Waals surface area contributed by atoms with Crippen LogP contribution in [0.3, 0.4) is 0 Å². The fourth-order valence-electron chi connectivity index (χ4n) is 4.87. The van der Waals surface area contributed by atoms with Crippen LogP contribution >= 0.6 is 11.8 Å². The second-order valence-electron chi connectivity index (χ2n) is 9.04. The highest BCUT2D eigenvalue weighted by molar-refractivity contribution is 7.98. The van der Waals surface area contributed by atoms with Crippen molar-refractivity contribution < 1.29 is 4.39 Å². The molecule has 1 aromatic carbocycles. The van der Waals surface area contributed by atoms with Gasteiger partial charge in [-0.15, -0.1) is 0 Å². The molecule has 1 N–H and O–H groups in total. The van der Waals surface area contributed by atoms with Crippen LogP contribution in [-0.4, -0.2) is 73.0 Å². The number of anilines is 2. The van der Waals surface area contributed by atoms with Gasteiger partial charge in [0.1, 0.15) is 11.6 Å². The fraction of sp³-hybridized carbons (Fsp3) is 0.600. The summed E-state index contributed by atoms with van der Waals surface area (Å²) in [5, 5.41) is 4.41. The van der Waals surface area contributed by atoms with E-state index in [2.05, 4.69) is 31.9 Å². The van der Waals surface area contributed by atoms with Gasteiger partial charge in [0.25, 0.3) is 0 Å². The summed E-state index contributed by atoms with van der Waals surface area (Å²) >= 11 is 1.57. The third-order valence-electron chi connectivity index (χ3n) is 6.83. The number of piperidine rings is 1. The molecule has 0 amide bonds. The van der Waals surface area contributed by atoms with Crippen LogP contribution in [0.25, 0.3) is 0 Å². The number of nitrogens with zero attached hydrogens (tertiary/aromatic N) is 5. The Morgan fingerprint density at radius 2 is 1.88 bits per heavy atom. The van der Waals surface area contributed by atoms with Crippen molar-refractivity contribution >= 4 is 23.3 Å². The van der Waals surface area contributed by atoms with Crippen LogP contribution in [0.2, 0.25) is 0 Å². The van der Waals surface area contributed by atoms with E-state index in [9.17, 15) is 4.39 Å². The molecule has 2 aliphatic rings. The largest absolute Gasteiger partial charge is 0.366 e. The average molecular weight is 473 g/mol. The molecule has 0 aliphatic carbocycles. The maximum atomic E-state index is 14.2. The normalized spacial score (nSPS) is 19.8. The summed E-state index contributed by atoms with van der Waals surface area (Å²) in [6.07, 6.45) is 9.18. The van der Waals surface area contributed by atoms with E-state index in [0.717, 1.165) is 68.3 Å².